The summed E-state index contributed by atoms with van der Waals surface area (Å²) in [5, 5.41) is 16.7. The van der Waals surface area contributed by atoms with E-state index in [9.17, 15) is 5.11 Å². The first kappa shape index (κ1) is 15.3. The molecular weight excluding hydrogens is 242 g/mol. The lowest BCUT2D eigenvalue weighted by molar-refractivity contribution is 0.0602. The molecule has 1 heterocycles. The highest BCUT2D eigenvalue weighted by Gasteiger charge is 2.27. The third kappa shape index (κ3) is 4.13. The zero-order chi connectivity index (χ0) is 14.5. The van der Waals surface area contributed by atoms with E-state index < -0.39 is 5.60 Å². The van der Waals surface area contributed by atoms with Crippen molar-refractivity contribution in [2.45, 2.75) is 26.4 Å². The Hall–Kier alpha value is -1.75. The number of furan rings is 1. The van der Waals surface area contributed by atoms with Crippen LogP contribution >= 0.6 is 0 Å². The van der Waals surface area contributed by atoms with Gasteiger partial charge in [-0.15, -0.1) is 6.58 Å². The Labute approximate surface area is 114 Å². The molecule has 1 aromatic heterocycles. The van der Waals surface area contributed by atoms with Crippen LogP contribution in [0.25, 0.3) is 0 Å². The lowest BCUT2D eigenvalue weighted by Gasteiger charge is -2.24. The first-order valence-electron chi connectivity index (χ1n) is 6.26. The van der Waals surface area contributed by atoms with Crippen LogP contribution in [0.15, 0.2) is 28.1 Å². The number of nitrogens with zero attached hydrogens (tertiary/aromatic N) is 1. The van der Waals surface area contributed by atoms with Gasteiger partial charge in [0.15, 0.2) is 5.96 Å². The molecule has 5 heteroatoms. The summed E-state index contributed by atoms with van der Waals surface area (Å²) in [5.41, 5.74) is -0.232. The quantitative estimate of drug-likeness (QED) is 0.428. The molecule has 0 radical (unpaired) electrons. The molecule has 0 bridgehead atoms. The summed E-state index contributed by atoms with van der Waals surface area (Å²) in [7, 11) is 1.68. The molecule has 0 saturated heterocycles. The van der Waals surface area contributed by atoms with Gasteiger partial charge in [0.25, 0.3) is 0 Å². The van der Waals surface area contributed by atoms with Gasteiger partial charge >= 0.3 is 0 Å². The molecule has 1 rings (SSSR count). The summed E-state index contributed by atoms with van der Waals surface area (Å²) in [6.45, 7) is 10.0. The first-order chi connectivity index (χ1) is 8.90. The molecule has 0 aliphatic carbocycles. The number of aliphatic hydroxyl groups is 1. The minimum atomic E-state index is -1.02. The second-order valence-electron chi connectivity index (χ2n) is 4.70. The lowest BCUT2D eigenvalue weighted by atomic mass is 9.96. The van der Waals surface area contributed by atoms with E-state index >= 15 is 0 Å². The van der Waals surface area contributed by atoms with Crippen molar-refractivity contribution in [1.29, 1.82) is 0 Å². The average Bonchev–Trinajstić information content (AvgIpc) is 2.69. The SMILES string of the molecule is C=CCNC(=NC)NCC(C)(O)c1cc(C)oc1C. The molecule has 3 N–H and O–H groups in total. The summed E-state index contributed by atoms with van der Waals surface area (Å²) in [4.78, 5) is 4.06. The zero-order valence-electron chi connectivity index (χ0n) is 12.1. The van der Waals surface area contributed by atoms with Crippen molar-refractivity contribution in [1.82, 2.24) is 10.6 Å². The van der Waals surface area contributed by atoms with E-state index in [4.69, 9.17) is 4.42 Å². The second-order valence-corrected chi connectivity index (χ2v) is 4.70. The molecule has 1 aromatic rings. The molecule has 0 fully saturated rings. The summed E-state index contributed by atoms with van der Waals surface area (Å²) < 4.78 is 5.45. The highest BCUT2D eigenvalue weighted by molar-refractivity contribution is 5.79. The van der Waals surface area contributed by atoms with E-state index in [0.717, 1.165) is 17.1 Å². The van der Waals surface area contributed by atoms with Crippen molar-refractivity contribution < 1.29 is 9.52 Å². The molecule has 5 nitrogen and oxygen atoms in total. The Balaban J connectivity index is 2.69. The second kappa shape index (κ2) is 6.43. The molecule has 0 aliphatic heterocycles. The van der Waals surface area contributed by atoms with E-state index in [-0.39, 0.29) is 0 Å². The van der Waals surface area contributed by atoms with Crippen LogP contribution in [0.2, 0.25) is 0 Å². The molecule has 1 atom stereocenters. The Morgan fingerprint density at radius 3 is 2.68 bits per heavy atom. The highest BCUT2D eigenvalue weighted by atomic mass is 16.3. The van der Waals surface area contributed by atoms with Crippen LogP contribution in [-0.2, 0) is 5.60 Å². The topological polar surface area (TPSA) is 69.8 Å². The van der Waals surface area contributed by atoms with Gasteiger partial charge in [-0.25, -0.2) is 0 Å². The average molecular weight is 265 g/mol. The maximum atomic E-state index is 10.5. The number of aliphatic imine (C=N–C) groups is 1. The van der Waals surface area contributed by atoms with Gasteiger partial charge in [-0.2, -0.15) is 0 Å². The number of rotatable bonds is 5. The normalized spacial score (nSPS) is 14.9. The van der Waals surface area contributed by atoms with Gasteiger partial charge in [-0.05, 0) is 26.8 Å². The number of guanidine groups is 1. The van der Waals surface area contributed by atoms with E-state index in [0.29, 0.717) is 19.0 Å². The Morgan fingerprint density at radius 1 is 1.53 bits per heavy atom. The largest absolute Gasteiger partial charge is 0.466 e. The molecule has 0 saturated carbocycles. The van der Waals surface area contributed by atoms with Gasteiger partial charge < -0.3 is 20.2 Å². The minimum Gasteiger partial charge on any atom is -0.466 e. The van der Waals surface area contributed by atoms with Crippen molar-refractivity contribution in [2.75, 3.05) is 20.1 Å². The Morgan fingerprint density at radius 2 is 2.21 bits per heavy atom. The van der Waals surface area contributed by atoms with Crippen LogP contribution in [0.3, 0.4) is 0 Å². The van der Waals surface area contributed by atoms with E-state index in [1.54, 1.807) is 20.0 Å². The van der Waals surface area contributed by atoms with Crippen LogP contribution in [-0.4, -0.2) is 31.2 Å². The third-order valence-corrected chi connectivity index (χ3v) is 2.86. The van der Waals surface area contributed by atoms with Crippen LogP contribution in [0.4, 0.5) is 0 Å². The van der Waals surface area contributed by atoms with Crippen molar-refractivity contribution in [2.24, 2.45) is 4.99 Å². The number of hydrogen-bond acceptors (Lipinski definition) is 3. The van der Waals surface area contributed by atoms with Crippen molar-refractivity contribution >= 4 is 5.96 Å². The van der Waals surface area contributed by atoms with Gasteiger partial charge in [0.05, 0.1) is 6.54 Å². The smallest absolute Gasteiger partial charge is 0.191 e. The third-order valence-electron chi connectivity index (χ3n) is 2.86. The predicted molar refractivity (Wildman–Crippen MR) is 77.3 cm³/mol. The summed E-state index contributed by atoms with van der Waals surface area (Å²) in [6.07, 6.45) is 1.74. The van der Waals surface area contributed by atoms with Crippen molar-refractivity contribution in [3.8, 4) is 0 Å². The molecule has 0 aromatic carbocycles. The number of nitrogens with one attached hydrogen (secondary N) is 2. The van der Waals surface area contributed by atoms with Crippen molar-refractivity contribution in [3.05, 3.63) is 35.8 Å². The molecule has 19 heavy (non-hydrogen) atoms. The van der Waals surface area contributed by atoms with Crippen LogP contribution in [0.1, 0.15) is 24.0 Å². The van der Waals surface area contributed by atoms with Gasteiger partial charge in [0, 0.05) is 19.2 Å². The maximum Gasteiger partial charge on any atom is 0.191 e. The lowest BCUT2D eigenvalue weighted by Crippen LogP contribution is -2.44. The Bertz CT molecular complexity index is 461. The Kier molecular flexibility index (Phi) is 5.18. The van der Waals surface area contributed by atoms with Gasteiger partial charge in [-0.3, -0.25) is 4.99 Å². The van der Waals surface area contributed by atoms with Gasteiger partial charge in [0.2, 0.25) is 0 Å². The number of hydrogen-bond donors (Lipinski definition) is 3. The number of aryl methyl sites for hydroxylation is 2. The highest BCUT2D eigenvalue weighted by Crippen LogP contribution is 2.26. The summed E-state index contributed by atoms with van der Waals surface area (Å²) in [6, 6.07) is 1.86. The van der Waals surface area contributed by atoms with Gasteiger partial charge in [0.1, 0.15) is 17.1 Å². The fourth-order valence-electron chi connectivity index (χ4n) is 1.91. The maximum absolute atomic E-state index is 10.5. The molecule has 0 aliphatic rings. The van der Waals surface area contributed by atoms with E-state index in [2.05, 4.69) is 22.2 Å². The van der Waals surface area contributed by atoms with E-state index in [1.807, 2.05) is 19.9 Å². The fraction of sp³-hybridized carbons (Fsp3) is 0.500. The molecule has 1 unspecified atom stereocenters. The molecule has 106 valence electrons. The summed E-state index contributed by atoms with van der Waals surface area (Å²) in [5.74, 6) is 2.15. The molecular formula is C14H23N3O2. The van der Waals surface area contributed by atoms with Crippen molar-refractivity contribution in [3.63, 3.8) is 0 Å². The minimum absolute atomic E-state index is 0.337. The first-order valence-corrected chi connectivity index (χ1v) is 6.26. The van der Waals surface area contributed by atoms with Crippen LogP contribution in [0.5, 0.6) is 0 Å². The van der Waals surface area contributed by atoms with Crippen LogP contribution < -0.4 is 10.6 Å². The van der Waals surface area contributed by atoms with Gasteiger partial charge in [-0.1, -0.05) is 6.08 Å². The van der Waals surface area contributed by atoms with Crippen LogP contribution in [0, 0.1) is 13.8 Å². The molecule has 0 spiro atoms. The fourth-order valence-corrected chi connectivity index (χ4v) is 1.91. The van der Waals surface area contributed by atoms with E-state index in [1.165, 1.54) is 0 Å². The molecule has 0 amide bonds. The predicted octanol–water partition coefficient (Wildman–Crippen LogP) is 1.45. The zero-order valence-corrected chi connectivity index (χ0v) is 12.1. The summed E-state index contributed by atoms with van der Waals surface area (Å²) >= 11 is 0. The standard InChI is InChI=1S/C14H23N3O2/c1-6-7-16-13(15-5)17-9-14(4,18)12-8-10(2)19-11(12)3/h6,8,18H,1,7,9H2,2-5H3,(H2,15,16,17). The monoisotopic (exact) mass is 265 g/mol.